The Balaban J connectivity index is 1.73. The second kappa shape index (κ2) is 7.96. The van der Waals surface area contributed by atoms with Crippen molar-refractivity contribution in [2.24, 2.45) is 5.73 Å². The standard InChI is InChI=1S/C18H15ClFN5O2/c19-12-3-1-10(9-13(12)20)2-4-14(26)23-18-15(17(21)27)16(24-25-18)11-5-7-22-8-6-11/h1,3,5-9H,2,4H2,(H2,21,27)(H2,23,24,25,26). The van der Waals surface area contributed by atoms with Gasteiger partial charge in [0.05, 0.1) is 10.7 Å². The van der Waals surface area contributed by atoms with E-state index in [4.69, 9.17) is 17.3 Å². The van der Waals surface area contributed by atoms with E-state index in [0.29, 0.717) is 23.2 Å². The van der Waals surface area contributed by atoms with Gasteiger partial charge in [-0.05, 0) is 36.2 Å². The Morgan fingerprint density at radius 3 is 2.63 bits per heavy atom. The number of pyridine rings is 1. The molecule has 0 aliphatic rings. The van der Waals surface area contributed by atoms with Crippen molar-refractivity contribution in [3.63, 3.8) is 0 Å². The maximum Gasteiger partial charge on any atom is 0.254 e. The number of hydrogen-bond acceptors (Lipinski definition) is 4. The number of nitrogens with zero attached hydrogens (tertiary/aromatic N) is 2. The number of nitrogens with two attached hydrogens (primary N) is 1. The van der Waals surface area contributed by atoms with Crippen LogP contribution in [0.1, 0.15) is 22.3 Å². The molecule has 4 N–H and O–H groups in total. The van der Waals surface area contributed by atoms with Gasteiger partial charge in [0.1, 0.15) is 11.4 Å². The maximum atomic E-state index is 13.5. The van der Waals surface area contributed by atoms with Crippen LogP contribution in [-0.4, -0.2) is 27.0 Å². The van der Waals surface area contributed by atoms with Crippen LogP contribution in [0.5, 0.6) is 0 Å². The summed E-state index contributed by atoms with van der Waals surface area (Å²) < 4.78 is 13.5. The highest BCUT2D eigenvalue weighted by Gasteiger charge is 2.21. The molecule has 2 amide bonds. The molecule has 138 valence electrons. The molecule has 0 aliphatic heterocycles. The molecule has 0 saturated carbocycles. The highest BCUT2D eigenvalue weighted by molar-refractivity contribution is 6.30. The molecule has 9 heteroatoms. The Bertz CT molecular complexity index is 991. The summed E-state index contributed by atoms with van der Waals surface area (Å²) in [5.74, 6) is -1.62. The van der Waals surface area contributed by atoms with E-state index in [-0.39, 0.29) is 28.7 Å². The van der Waals surface area contributed by atoms with Gasteiger partial charge in [0.15, 0.2) is 5.82 Å². The fraction of sp³-hybridized carbons (Fsp3) is 0.111. The van der Waals surface area contributed by atoms with E-state index in [1.807, 2.05) is 0 Å². The second-order valence-corrected chi connectivity index (χ2v) is 6.13. The first-order valence-corrected chi connectivity index (χ1v) is 8.36. The summed E-state index contributed by atoms with van der Waals surface area (Å²) in [7, 11) is 0. The van der Waals surface area contributed by atoms with Crippen molar-refractivity contribution in [3.05, 3.63) is 64.7 Å². The fourth-order valence-corrected chi connectivity index (χ4v) is 2.66. The summed E-state index contributed by atoms with van der Waals surface area (Å²) in [4.78, 5) is 28.0. The van der Waals surface area contributed by atoms with Crippen molar-refractivity contribution >= 4 is 29.2 Å². The summed E-state index contributed by atoms with van der Waals surface area (Å²) in [6, 6.07) is 7.72. The molecule has 3 aromatic rings. The third kappa shape index (κ3) is 4.29. The lowest BCUT2D eigenvalue weighted by atomic mass is 10.1. The molecule has 0 saturated heterocycles. The van der Waals surface area contributed by atoms with E-state index in [0.717, 1.165) is 0 Å². The maximum absolute atomic E-state index is 13.5. The molecular formula is C18H15ClFN5O2. The number of H-pyrrole nitrogens is 1. The molecule has 0 bridgehead atoms. The first-order chi connectivity index (χ1) is 13.0. The van der Waals surface area contributed by atoms with Gasteiger partial charge in [-0.3, -0.25) is 19.7 Å². The summed E-state index contributed by atoms with van der Waals surface area (Å²) in [5, 5.41) is 9.27. The van der Waals surface area contributed by atoms with E-state index >= 15 is 0 Å². The Kier molecular flexibility index (Phi) is 5.46. The van der Waals surface area contributed by atoms with Crippen LogP contribution in [0.2, 0.25) is 5.02 Å². The van der Waals surface area contributed by atoms with Crippen LogP contribution < -0.4 is 11.1 Å². The minimum Gasteiger partial charge on any atom is -0.365 e. The van der Waals surface area contributed by atoms with Gasteiger partial charge >= 0.3 is 0 Å². The number of halogens is 2. The van der Waals surface area contributed by atoms with Crippen LogP contribution in [0.25, 0.3) is 11.3 Å². The van der Waals surface area contributed by atoms with Gasteiger partial charge in [-0.15, -0.1) is 0 Å². The molecule has 0 spiro atoms. The Labute approximate surface area is 158 Å². The van der Waals surface area contributed by atoms with Crippen molar-refractivity contribution in [3.8, 4) is 11.3 Å². The Morgan fingerprint density at radius 1 is 1.22 bits per heavy atom. The summed E-state index contributed by atoms with van der Waals surface area (Å²) in [6.45, 7) is 0. The number of aryl methyl sites for hydroxylation is 1. The van der Waals surface area contributed by atoms with Gasteiger partial charge in [0, 0.05) is 24.4 Å². The highest BCUT2D eigenvalue weighted by Crippen LogP contribution is 2.26. The third-order valence-corrected chi connectivity index (χ3v) is 4.17. The van der Waals surface area contributed by atoms with Crippen molar-refractivity contribution in [1.29, 1.82) is 0 Å². The molecule has 7 nitrogen and oxygen atoms in total. The van der Waals surface area contributed by atoms with Crippen LogP contribution >= 0.6 is 11.6 Å². The van der Waals surface area contributed by atoms with Gasteiger partial charge in [-0.1, -0.05) is 17.7 Å². The van der Waals surface area contributed by atoms with Crippen molar-refractivity contribution in [2.75, 3.05) is 5.32 Å². The van der Waals surface area contributed by atoms with Gasteiger partial charge < -0.3 is 11.1 Å². The predicted octanol–water partition coefficient (Wildman–Crippen LogP) is 2.93. The molecule has 0 unspecified atom stereocenters. The molecule has 3 rings (SSSR count). The largest absolute Gasteiger partial charge is 0.365 e. The van der Waals surface area contributed by atoms with Gasteiger partial charge in [0.2, 0.25) is 5.91 Å². The average Bonchev–Trinajstić information content (AvgIpc) is 3.07. The monoisotopic (exact) mass is 387 g/mol. The summed E-state index contributed by atoms with van der Waals surface area (Å²) in [5.41, 5.74) is 7.20. The SMILES string of the molecule is NC(=O)c1c(NC(=O)CCc2ccc(Cl)c(F)c2)n[nH]c1-c1ccncc1. The number of aromatic amines is 1. The molecule has 1 aromatic carbocycles. The molecule has 0 aliphatic carbocycles. The van der Waals surface area contributed by atoms with Crippen molar-refractivity contribution in [1.82, 2.24) is 15.2 Å². The van der Waals surface area contributed by atoms with Crippen LogP contribution in [0, 0.1) is 5.82 Å². The smallest absolute Gasteiger partial charge is 0.254 e. The van der Waals surface area contributed by atoms with Crippen LogP contribution in [0.4, 0.5) is 10.2 Å². The Morgan fingerprint density at radius 2 is 1.96 bits per heavy atom. The number of carbonyl (C=O) groups is 2. The zero-order valence-electron chi connectivity index (χ0n) is 14.0. The lowest BCUT2D eigenvalue weighted by Gasteiger charge is -2.06. The van der Waals surface area contributed by atoms with Gasteiger partial charge in [0.25, 0.3) is 5.91 Å². The van der Waals surface area contributed by atoms with E-state index < -0.39 is 11.7 Å². The molecule has 2 aromatic heterocycles. The number of carbonyl (C=O) groups excluding carboxylic acids is 2. The number of rotatable bonds is 6. The molecule has 0 radical (unpaired) electrons. The highest BCUT2D eigenvalue weighted by atomic mass is 35.5. The zero-order chi connectivity index (χ0) is 19.4. The normalized spacial score (nSPS) is 10.6. The lowest BCUT2D eigenvalue weighted by Crippen LogP contribution is -2.18. The summed E-state index contributed by atoms with van der Waals surface area (Å²) in [6.07, 6.45) is 3.49. The number of hydrogen-bond donors (Lipinski definition) is 3. The number of benzene rings is 1. The average molecular weight is 388 g/mol. The van der Waals surface area contributed by atoms with Gasteiger partial charge in [-0.25, -0.2) is 4.39 Å². The number of nitrogens with one attached hydrogen (secondary N) is 2. The van der Waals surface area contributed by atoms with E-state index in [1.54, 1.807) is 30.6 Å². The predicted molar refractivity (Wildman–Crippen MR) is 98.7 cm³/mol. The quantitative estimate of drug-likeness (QED) is 0.603. The number of anilines is 1. The number of aromatic nitrogens is 3. The first kappa shape index (κ1) is 18.5. The zero-order valence-corrected chi connectivity index (χ0v) is 14.8. The van der Waals surface area contributed by atoms with E-state index in [9.17, 15) is 14.0 Å². The topological polar surface area (TPSA) is 114 Å². The van der Waals surface area contributed by atoms with E-state index in [1.165, 1.54) is 12.1 Å². The number of amides is 2. The molecule has 2 heterocycles. The molecule has 0 atom stereocenters. The van der Waals surface area contributed by atoms with Crippen LogP contribution in [0.3, 0.4) is 0 Å². The fourth-order valence-electron chi connectivity index (χ4n) is 2.55. The van der Waals surface area contributed by atoms with Crippen molar-refractivity contribution in [2.45, 2.75) is 12.8 Å². The Hall–Kier alpha value is -3.26. The number of primary amides is 1. The van der Waals surface area contributed by atoms with E-state index in [2.05, 4.69) is 20.5 Å². The van der Waals surface area contributed by atoms with Gasteiger partial charge in [-0.2, -0.15) is 5.10 Å². The van der Waals surface area contributed by atoms with Crippen LogP contribution in [0.15, 0.2) is 42.7 Å². The molecular weight excluding hydrogens is 373 g/mol. The minimum absolute atomic E-state index is 0.0227. The third-order valence-electron chi connectivity index (χ3n) is 3.86. The molecule has 27 heavy (non-hydrogen) atoms. The van der Waals surface area contributed by atoms with Crippen molar-refractivity contribution < 1.29 is 14.0 Å². The first-order valence-electron chi connectivity index (χ1n) is 7.98. The minimum atomic E-state index is -0.731. The second-order valence-electron chi connectivity index (χ2n) is 5.72. The molecule has 0 fully saturated rings. The lowest BCUT2D eigenvalue weighted by molar-refractivity contribution is -0.116. The summed E-state index contributed by atoms with van der Waals surface area (Å²) >= 11 is 5.64. The van der Waals surface area contributed by atoms with Crippen LogP contribution in [-0.2, 0) is 11.2 Å².